The highest BCUT2D eigenvalue weighted by molar-refractivity contribution is 7.22. The maximum atomic E-state index is 13.8. The number of rotatable bonds is 9. The van der Waals surface area contributed by atoms with Gasteiger partial charge in [0.05, 0.1) is 5.56 Å². The lowest BCUT2D eigenvalue weighted by Gasteiger charge is -2.17. The zero-order valence-corrected chi connectivity index (χ0v) is 23.5. The van der Waals surface area contributed by atoms with Crippen LogP contribution in [-0.2, 0) is 0 Å². The molecule has 2 heterocycles. The smallest absolute Gasteiger partial charge is 0.343 e. The zero-order valence-electron chi connectivity index (χ0n) is 22.6. The minimum absolute atomic E-state index is 0.193. The molecule has 4 aromatic carbocycles. The Bertz CT molecular complexity index is 1740. The first-order valence-electron chi connectivity index (χ1n) is 13.8. The van der Waals surface area contributed by atoms with Crippen LogP contribution < -0.4 is 9.47 Å². The summed E-state index contributed by atoms with van der Waals surface area (Å²) in [5.41, 5.74) is 1.71. The van der Waals surface area contributed by atoms with Crippen LogP contribution in [0.2, 0.25) is 0 Å². The number of carbonyl (C=O) groups is 2. The average molecular weight is 584 g/mol. The van der Waals surface area contributed by atoms with Crippen LogP contribution in [0.4, 0.5) is 8.78 Å². The van der Waals surface area contributed by atoms with Gasteiger partial charge in [0, 0.05) is 32.6 Å². The first-order chi connectivity index (χ1) is 20.5. The zero-order chi connectivity index (χ0) is 29.1. The molecular weight excluding hydrogens is 556 g/mol. The molecule has 1 fully saturated rings. The minimum atomic E-state index is -0.657. The second-order valence-corrected chi connectivity index (χ2v) is 11.1. The lowest BCUT2D eigenvalue weighted by Crippen LogP contribution is -2.25. The van der Waals surface area contributed by atoms with Gasteiger partial charge in [0.1, 0.15) is 18.2 Å². The molecule has 0 saturated carbocycles. The van der Waals surface area contributed by atoms with Crippen molar-refractivity contribution in [3.63, 3.8) is 0 Å². The second-order valence-electron chi connectivity index (χ2n) is 10.1. The fraction of sp³-hybridized carbons (Fsp3) is 0.176. The van der Waals surface area contributed by atoms with Crippen molar-refractivity contribution < 1.29 is 27.8 Å². The summed E-state index contributed by atoms with van der Waals surface area (Å²) >= 11 is 1.44. The van der Waals surface area contributed by atoms with E-state index in [-0.39, 0.29) is 17.1 Å². The third-order valence-corrected chi connectivity index (χ3v) is 8.50. The van der Waals surface area contributed by atoms with Crippen molar-refractivity contribution in [1.29, 1.82) is 0 Å². The lowest BCUT2D eigenvalue weighted by atomic mass is 9.97. The van der Waals surface area contributed by atoms with E-state index in [0.29, 0.717) is 33.9 Å². The quantitative estimate of drug-likeness (QED) is 0.101. The van der Waals surface area contributed by atoms with E-state index in [1.54, 1.807) is 12.1 Å². The number of carbonyl (C=O) groups excluding carboxylic acids is 2. The molecule has 0 aliphatic carbocycles. The first-order valence-corrected chi connectivity index (χ1v) is 14.6. The number of likely N-dealkylation sites (tertiary alicyclic amines) is 1. The van der Waals surface area contributed by atoms with Crippen molar-refractivity contribution in [2.24, 2.45) is 0 Å². The van der Waals surface area contributed by atoms with Crippen LogP contribution in [0, 0.1) is 11.6 Å². The fourth-order valence-corrected chi connectivity index (χ4v) is 6.30. The molecule has 0 bridgehead atoms. The van der Waals surface area contributed by atoms with Crippen molar-refractivity contribution in [2.75, 3.05) is 26.2 Å². The SMILES string of the molecule is O=C(Oc1cc(-c2sc3ccccc3c2C(=O)c2ccc(F)cc2)ccc1OCCN1CCCC1)c1ccc(F)cc1. The van der Waals surface area contributed by atoms with E-state index in [0.717, 1.165) is 29.7 Å². The number of ether oxygens (including phenoxy) is 2. The predicted octanol–water partition coefficient (Wildman–Crippen LogP) is 7.77. The molecule has 1 saturated heterocycles. The lowest BCUT2D eigenvalue weighted by molar-refractivity contribution is 0.0727. The normalized spacial score (nSPS) is 13.4. The van der Waals surface area contributed by atoms with Crippen molar-refractivity contribution in [3.8, 4) is 21.9 Å². The van der Waals surface area contributed by atoms with Gasteiger partial charge >= 0.3 is 5.97 Å². The Morgan fingerprint density at radius 3 is 2.17 bits per heavy atom. The van der Waals surface area contributed by atoms with Crippen LogP contribution in [-0.4, -0.2) is 42.9 Å². The van der Waals surface area contributed by atoms with Gasteiger partial charge < -0.3 is 9.47 Å². The molecule has 5 nitrogen and oxygen atoms in total. The highest BCUT2D eigenvalue weighted by atomic mass is 32.1. The maximum Gasteiger partial charge on any atom is 0.343 e. The van der Waals surface area contributed by atoms with E-state index in [9.17, 15) is 18.4 Å². The summed E-state index contributed by atoms with van der Waals surface area (Å²) in [6.07, 6.45) is 2.34. The number of hydrogen-bond donors (Lipinski definition) is 0. The highest BCUT2D eigenvalue weighted by Gasteiger charge is 2.23. The Morgan fingerprint density at radius 2 is 1.45 bits per heavy atom. The summed E-state index contributed by atoms with van der Waals surface area (Å²) < 4.78 is 39.9. The number of nitrogens with zero attached hydrogens (tertiary/aromatic N) is 1. The molecule has 42 heavy (non-hydrogen) atoms. The molecule has 0 spiro atoms. The van der Waals surface area contributed by atoms with Crippen molar-refractivity contribution in [2.45, 2.75) is 12.8 Å². The molecule has 1 aliphatic heterocycles. The van der Waals surface area contributed by atoms with Crippen LogP contribution in [0.3, 0.4) is 0 Å². The number of fused-ring (bicyclic) bond motifs is 1. The minimum Gasteiger partial charge on any atom is -0.488 e. The van der Waals surface area contributed by atoms with Gasteiger partial charge in [-0.3, -0.25) is 9.69 Å². The van der Waals surface area contributed by atoms with Crippen LogP contribution in [0.5, 0.6) is 11.5 Å². The second kappa shape index (κ2) is 12.2. The number of esters is 1. The molecule has 1 aliphatic rings. The number of hydrogen-bond acceptors (Lipinski definition) is 6. The molecule has 5 aromatic rings. The van der Waals surface area contributed by atoms with E-state index in [4.69, 9.17) is 9.47 Å². The van der Waals surface area contributed by atoms with Crippen LogP contribution in [0.1, 0.15) is 39.1 Å². The molecule has 6 rings (SSSR count). The van der Waals surface area contributed by atoms with Crippen molar-refractivity contribution in [3.05, 3.63) is 119 Å². The van der Waals surface area contributed by atoms with E-state index in [2.05, 4.69) is 4.90 Å². The van der Waals surface area contributed by atoms with Gasteiger partial charge in [-0.1, -0.05) is 18.2 Å². The van der Waals surface area contributed by atoms with E-state index >= 15 is 0 Å². The van der Waals surface area contributed by atoms with Gasteiger partial charge in [-0.15, -0.1) is 11.3 Å². The standard InChI is InChI=1S/C34H27F2NO4S/c35-25-12-7-22(8-13-25)32(38)31-27-5-1-2-6-30(27)42-33(31)24-11-16-28(40-20-19-37-17-3-4-18-37)29(21-24)41-34(39)23-9-14-26(36)15-10-23/h1-2,5-16,21H,3-4,17-20H2. The molecule has 8 heteroatoms. The van der Waals surface area contributed by atoms with Crippen LogP contribution in [0.25, 0.3) is 20.5 Å². The van der Waals surface area contributed by atoms with Crippen LogP contribution in [0.15, 0.2) is 91.0 Å². The third kappa shape index (κ3) is 5.95. The van der Waals surface area contributed by atoms with E-state index < -0.39 is 17.6 Å². The molecule has 0 N–H and O–H groups in total. The topological polar surface area (TPSA) is 55.8 Å². The van der Waals surface area contributed by atoms with E-state index in [1.807, 2.05) is 30.3 Å². The maximum absolute atomic E-state index is 13.8. The largest absolute Gasteiger partial charge is 0.488 e. The summed E-state index contributed by atoms with van der Waals surface area (Å²) in [7, 11) is 0. The Labute approximate surface area is 245 Å². The van der Waals surface area contributed by atoms with Crippen molar-refractivity contribution in [1.82, 2.24) is 4.90 Å². The van der Waals surface area contributed by atoms with E-state index in [1.165, 1.54) is 72.7 Å². The van der Waals surface area contributed by atoms with Gasteiger partial charge in [0.15, 0.2) is 17.3 Å². The van der Waals surface area contributed by atoms with Gasteiger partial charge in [0.25, 0.3) is 0 Å². The monoisotopic (exact) mass is 583 g/mol. The van der Waals surface area contributed by atoms with Gasteiger partial charge in [-0.2, -0.15) is 0 Å². The Morgan fingerprint density at radius 1 is 0.786 bits per heavy atom. The highest BCUT2D eigenvalue weighted by Crippen LogP contribution is 2.42. The van der Waals surface area contributed by atoms with Gasteiger partial charge in [-0.25, -0.2) is 13.6 Å². The number of ketones is 1. The van der Waals surface area contributed by atoms with Gasteiger partial charge in [-0.05, 0) is 104 Å². The van der Waals surface area contributed by atoms with Crippen LogP contribution >= 0.6 is 11.3 Å². The predicted molar refractivity (Wildman–Crippen MR) is 160 cm³/mol. The summed E-state index contributed by atoms with van der Waals surface area (Å²) in [6, 6.07) is 23.5. The molecule has 0 atom stereocenters. The Kier molecular flexibility index (Phi) is 8.08. The number of benzene rings is 4. The number of halogens is 2. The molecular formula is C34H27F2NO4S. The average Bonchev–Trinajstić information content (AvgIpc) is 3.66. The summed E-state index contributed by atoms with van der Waals surface area (Å²) in [4.78, 5) is 29.8. The molecule has 1 aromatic heterocycles. The summed E-state index contributed by atoms with van der Waals surface area (Å²) in [5.74, 6) is -1.19. The van der Waals surface area contributed by atoms with Crippen molar-refractivity contribution >= 4 is 33.2 Å². The molecule has 212 valence electrons. The Balaban J connectivity index is 1.38. The fourth-order valence-electron chi connectivity index (χ4n) is 5.10. The summed E-state index contributed by atoms with van der Waals surface area (Å²) in [6.45, 7) is 3.23. The molecule has 0 unspecified atom stereocenters. The summed E-state index contributed by atoms with van der Waals surface area (Å²) in [5, 5.41) is 0.780. The third-order valence-electron chi connectivity index (χ3n) is 7.28. The molecule has 0 amide bonds. The first kappa shape index (κ1) is 27.8. The Hall–Kier alpha value is -4.40. The molecule has 0 radical (unpaired) electrons. The number of thiophene rings is 1. The van der Waals surface area contributed by atoms with Gasteiger partial charge in [0.2, 0.25) is 0 Å².